The van der Waals surface area contributed by atoms with Crippen LogP contribution in [0.1, 0.15) is 12.6 Å². The highest BCUT2D eigenvalue weighted by Crippen LogP contribution is 2.16. The number of amides is 1. The fourth-order valence-corrected chi connectivity index (χ4v) is 1.43. The molecule has 0 saturated carbocycles. The second-order valence-electron chi connectivity index (χ2n) is 3.15. The Balaban J connectivity index is 2.95. The van der Waals surface area contributed by atoms with Crippen LogP contribution in [-0.2, 0) is 11.3 Å². The van der Waals surface area contributed by atoms with Crippen molar-refractivity contribution in [1.29, 1.82) is 0 Å². The van der Waals surface area contributed by atoms with E-state index in [0.717, 1.165) is 11.4 Å². The standard InChI is InChI=1S/C10H16N4O/c1-2-14(7-10(12)15)9-4-3-5-13-8(9)6-11/h3-5H,2,6-7,11H2,1H3,(H2,12,15). The molecule has 0 fully saturated rings. The lowest BCUT2D eigenvalue weighted by Crippen LogP contribution is -2.34. The largest absolute Gasteiger partial charge is 0.368 e. The van der Waals surface area contributed by atoms with Gasteiger partial charge in [0.25, 0.3) is 0 Å². The van der Waals surface area contributed by atoms with Crippen LogP contribution in [0.3, 0.4) is 0 Å². The number of hydrogen-bond donors (Lipinski definition) is 2. The predicted octanol–water partition coefficient (Wildman–Crippen LogP) is -0.148. The lowest BCUT2D eigenvalue weighted by Gasteiger charge is -2.23. The van der Waals surface area contributed by atoms with Gasteiger partial charge in [-0.1, -0.05) is 0 Å². The van der Waals surface area contributed by atoms with Crippen LogP contribution in [0.4, 0.5) is 5.69 Å². The summed E-state index contributed by atoms with van der Waals surface area (Å²) in [5, 5.41) is 0. The zero-order valence-corrected chi connectivity index (χ0v) is 8.81. The lowest BCUT2D eigenvalue weighted by atomic mass is 10.2. The average molecular weight is 208 g/mol. The third kappa shape index (κ3) is 2.92. The van der Waals surface area contributed by atoms with Gasteiger partial charge < -0.3 is 16.4 Å². The van der Waals surface area contributed by atoms with E-state index in [1.165, 1.54) is 0 Å². The minimum absolute atomic E-state index is 0.190. The first-order valence-corrected chi connectivity index (χ1v) is 4.86. The van der Waals surface area contributed by atoms with Gasteiger partial charge in [0.15, 0.2) is 0 Å². The molecule has 0 atom stereocenters. The molecule has 5 nitrogen and oxygen atoms in total. The number of nitrogens with two attached hydrogens (primary N) is 2. The molecular formula is C10H16N4O. The first-order valence-electron chi connectivity index (χ1n) is 4.86. The Morgan fingerprint density at radius 3 is 2.87 bits per heavy atom. The molecule has 0 spiro atoms. The van der Waals surface area contributed by atoms with Gasteiger partial charge in [-0.3, -0.25) is 9.78 Å². The molecule has 0 aliphatic carbocycles. The van der Waals surface area contributed by atoms with E-state index in [0.29, 0.717) is 13.1 Å². The summed E-state index contributed by atoms with van der Waals surface area (Å²) in [4.78, 5) is 16.9. The number of carbonyl (C=O) groups is 1. The molecule has 0 aliphatic rings. The summed E-state index contributed by atoms with van der Waals surface area (Å²) < 4.78 is 0. The molecule has 1 rings (SSSR count). The van der Waals surface area contributed by atoms with Gasteiger partial charge in [0.2, 0.25) is 5.91 Å². The fraction of sp³-hybridized carbons (Fsp3) is 0.400. The molecule has 0 aliphatic heterocycles. The van der Waals surface area contributed by atoms with Gasteiger partial charge in [-0.15, -0.1) is 0 Å². The highest BCUT2D eigenvalue weighted by atomic mass is 16.1. The Morgan fingerprint density at radius 2 is 2.33 bits per heavy atom. The van der Waals surface area contributed by atoms with Crippen molar-refractivity contribution in [2.24, 2.45) is 11.5 Å². The zero-order valence-electron chi connectivity index (χ0n) is 8.81. The van der Waals surface area contributed by atoms with E-state index in [1.54, 1.807) is 6.20 Å². The minimum Gasteiger partial charge on any atom is -0.368 e. The molecule has 5 heteroatoms. The van der Waals surface area contributed by atoms with Crippen molar-refractivity contribution in [3.05, 3.63) is 24.0 Å². The first kappa shape index (κ1) is 11.5. The van der Waals surface area contributed by atoms with Crippen LogP contribution >= 0.6 is 0 Å². The lowest BCUT2D eigenvalue weighted by molar-refractivity contribution is -0.116. The summed E-state index contributed by atoms with van der Waals surface area (Å²) in [6.45, 7) is 3.19. The van der Waals surface area contributed by atoms with Gasteiger partial charge in [-0.2, -0.15) is 0 Å². The van der Waals surface area contributed by atoms with Gasteiger partial charge in [0.05, 0.1) is 17.9 Å². The third-order valence-corrected chi connectivity index (χ3v) is 2.13. The maximum Gasteiger partial charge on any atom is 0.236 e. The summed E-state index contributed by atoms with van der Waals surface area (Å²) in [7, 11) is 0. The number of hydrogen-bond acceptors (Lipinski definition) is 4. The van der Waals surface area contributed by atoms with Crippen LogP contribution in [0.5, 0.6) is 0 Å². The number of pyridine rings is 1. The summed E-state index contributed by atoms with van der Waals surface area (Å²) >= 11 is 0. The molecule has 1 aromatic rings. The highest BCUT2D eigenvalue weighted by molar-refractivity contribution is 5.79. The van der Waals surface area contributed by atoms with Crippen LogP contribution in [-0.4, -0.2) is 24.0 Å². The molecule has 0 saturated heterocycles. The second kappa shape index (κ2) is 5.31. The van der Waals surface area contributed by atoms with Crippen molar-refractivity contribution in [2.75, 3.05) is 18.0 Å². The van der Waals surface area contributed by atoms with Crippen LogP contribution in [0.15, 0.2) is 18.3 Å². The van der Waals surface area contributed by atoms with Crippen LogP contribution in [0, 0.1) is 0 Å². The normalized spacial score (nSPS) is 10.0. The molecule has 15 heavy (non-hydrogen) atoms. The van der Waals surface area contributed by atoms with E-state index in [4.69, 9.17) is 11.5 Å². The van der Waals surface area contributed by atoms with E-state index in [-0.39, 0.29) is 12.5 Å². The Labute approximate surface area is 89.1 Å². The number of nitrogens with zero attached hydrogens (tertiary/aromatic N) is 2. The third-order valence-electron chi connectivity index (χ3n) is 2.13. The molecule has 0 aromatic carbocycles. The van der Waals surface area contributed by atoms with Gasteiger partial charge in [-0.05, 0) is 19.1 Å². The van der Waals surface area contributed by atoms with E-state index < -0.39 is 0 Å². The van der Waals surface area contributed by atoms with Crippen molar-refractivity contribution < 1.29 is 4.79 Å². The maximum atomic E-state index is 10.9. The Hall–Kier alpha value is -1.62. The Bertz CT molecular complexity index is 340. The molecule has 4 N–H and O–H groups in total. The Morgan fingerprint density at radius 1 is 1.60 bits per heavy atom. The van der Waals surface area contributed by atoms with Crippen molar-refractivity contribution >= 4 is 11.6 Å². The van der Waals surface area contributed by atoms with Crippen molar-refractivity contribution in [2.45, 2.75) is 13.5 Å². The van der Waals surface area contributed by atoms with E-state index in [9.17, 15) is 4.79 Å². The molecule has 0 radical (unpaired) electrons. The Kier molecular flexibility index (Phi) is 4.05. The maximum absolute atomic E-state index is 10.9. The number of rotatable bonds is 5. The van der Waals surface area contributed by atoms with Crippen LogP contribution < -0.4 is 16.4 Å². The number of carbonyl (C=O) groups excluding carboxylic acids is 1. The molecule has 82 valence electrons. The topological polar surface area (TPSA) is 85.2 Å². The SMILES string of the molecule is CCN(CC(N)=O)c1cccnc1CN. The number of aromatic nitrogens is 1. The predicted molar refractivity (Wildman–Crippen MR) is 59.2 cm³/mol. The van der Waals surface area contributed by atoms with Gasteiger partial charge in [0, 0.05) is 19.3 Å². The monoisotopic (exact) mass is 208 g/mol. The first-order chi connectivity index (χ1) is 7.19. The van der Waals surface area contributed by atoms with Gasteiger partial charge in [-0.25, -0.2) is 0 Å². The molecule has 0 unspecified atom stereocenters. The smallest absolute Gasteiger partial charge is 0.236 e. The van der Waals surface area contributed by atoms with Crippen molar-refractivity contribution in [1.82, 2.24) is 4.98 Å². The van der Waals surface area contributed by atoms with Gasteiger partial charge in [0.1, 0.15) is 0 Å². The molecule has 1 aromatic heterocycles. The number of primary amides is 1. The van der Waals surface area contributed by atoms with Crippen LogP contribution in [0.25, 0.3) is 0 Å². The second-order valence-corrected chi connectivity index (χ2v) is 3.15. The highest BCUT2D eigenvalue weighted by Gasteiger charge is 2.11. The molecular weight excluding hydrogens is 192 g/mol. The number of likely N-dealkylation sites (N-methyl/N-ethyl adjacent to an activating group) is 1. The molecule has 1 amide bonds. The summed E-state index contributed by atoms with van der Waals surface area (Å²) in [6.07, 6.45) is 1.68. The van der Waals surface area contributed by atoms with Crippen LogP contribution in [0.2, 0.25) is 0 Å². The summed E-state index contributed by atoms with van der Waals surface area (Å²) in [6, 6.07) is 3.71. The van der Waals surface area contributed by atoms with Crippen molar-refractivity contribution in [3.63, 3.8) is 0 Å². The average Bonchev–Trinajstić information content (AvgIpc) is 2.25. The molecule has 0 bridgehead atoms. The zero-order chi connectivity index (χ0) is 11.3. The van der Waals surface area contributed by atoms with Gasteiger partial charge >= 0.3 is 0 Å². The van der Waals surface area contributed by atoms with E-state index >= 15 is 0 Å². The number of anilines is 1. The molecule has 1 heterocycles. The fourth-order valence-electron chi connectivity index (χ4n) is 1.43. The summed E-state index contributed by atoms with van der Waals surface area (Å²) in [5.41, 5.74) is 12.4. The van der Waals surface area contributed by atoms with Crippen molar-refractivity contribution in [3.8, 4) is 0 Å². The summed E-state index contributed by atoms with van der Waals surface area (Å²) in [5.74, 6) is -0.358. The van der Waals surface area contributed by atoms with E-state index in [2.05, 4.69) is 4.98 Å². The minimum atomic E-state index is -0.358. The quantitative estimate of drug-likeness (QED) is 0.704. The van der Waals surface area contributed by atoms with E-state index in [1.807, 2.05) is 24.0 Å².